The fourth-order valence-corrected chi connectivity index (χ4v) is 4.16. The zero-order valence-electron chi connectivity index (χ0n) is 16.2. The Morgan fingerprint density at radius 1 is 0.862 bits per heavy atom. The molecule has 0 aromatic heterocycles. The largest absolute Gasteiger partial charge is 0.352 e. The molecule has 3 aromatic carbocycles. The molecule has 0 aliphatic carbocycles. The van der Waals surface area contributed by atoms with Gasteiger partial charge in [-0.2, -0.15) is 0 Å². The predicted molar refractivity (Wildman–Crippen MR) is 114 cm³/mol. The summed E-state index contributed by atoms with van der Waals surface area (Å²) in [5.74, 6) is -0.227. The van der Waals surface area contributed by atoms with Gasteiger partial charge in [0, 0.05) is 13.0 Å². The van der Waals surface area contributed by atoms with Gasteiger partial charge in [0.15, 0.2) is 0 Å². The van der Waals surface area contributed by atoms with Gasteiger partial charge in [0.05, 0.1) is 10.9 Å². The highest BCUT2D eigenvalue weighted by Gasteiger charge is 2.23. The summed E-state index contributed by atoms with van der Waals surface area (Å²) < 4.78 is 28.4. The fraction of sp³-hybridized carbons (Fsp3) is 0.174. The highest BCUT2D eigenvalue weighted by molar-refractivity contribution is 7.89. The SMILES string of the molecule is Cc1ccc(S(=O)(=O)N[C@H](CC(=O)NCc2ccccc2)c2ccccc2)cc1. The Bertz CT molecular complexity index is 1030. The molecule has 1 amide bonds. The first-order valence-electron chi connectivity index (χ1n) is 9.38. The Morgan fingerprint density at radius 2 is 1.45 bits per heavy atom. The van der Waals surface area contributed by atoms with Crippen molar-refractivity contribution in [2.24, 2.45) is 0 Å². The number of hydrogen-bond donors (Lipinski definition) is 2. The van der Waals surface area contributed by atoms with Crippen LogP contribution in [0.4, 0.5) is 0 Å². The van der Waals surface area contributed by atoms with Gasteiger partial charge in [-0.25, -0.2) is 13.1 Å². The molecule has 0 unspecified atom stereocenters. The number of sulfonamides is 1. The van der Waals surface area contributed by atoms with E-state index in [1.807, 2.05) is 67.6 Å². The lowest BCUT2D eigenvalue weighted by Crippen LogP contribution is -2.33. The molecule has 0 aliphatic heterocycles. The molecule has 29 heavy (non-hydrogen) atoms. The van der Waals surface area contributed by atoms with E-state index in [4.69, 9.17) is 0 Å². The van der Waals surface area contributed by atoms with Crippen LogP contribution in [0.5, 0.6) is 0 Å². The zero-order valence-corrected chi connectivity index (χ0v) is 17.0. The lowest BCUT2D eigenvalue weighted by molar-refractivity contribution is -0.121. The summed E-state index contributed by atoms with van der Waals surface area (Å²) in [6, 6.07) is 24.7. The van der Waals surface area contributed by atoms with Crippen molar-refractivity contribution in [3.8, 4) is 0 Å². The van der Waals surface area contributed by atoms with Gasteiger partial charge in [0.2, 0.25) is 15.9 Å². The van der Waals surface area contributed by atoms with Crippen molar-refractivity contribution in [1.29, 1.82) is 0 Å². The average molecular weight is 409 g/mol. The van der Waals surface area contributed by atoms with Crippen LogP contribution in [0.2, 0.25) is 0 Å². The van der Waals surface area contributed by atoms with Crippen LogP contribution in [0.3, 0.4) is 0 Å². The van der Waals surface area contributed by atoms with E-state index in [0.29, 0.717) is 6.54 Å². The quantitative estimate of drug-likeness (QED) is 0.596. The molecule has 0 fully saturated rings. The second kappa shape index (κ2) is 9.49. The molecule has 0 saturated heterocycles. The second-order valence-corrected chi connectivity index (χ2v) is 8.58. The van der Waals surface area contributed by atoms with Gasteiger partial charge in [0.1, 0.15) is 0 Å². The van der Waals surface area contributed by atoms with Gasteiger partial charge in [-0.3, -0.25) is 4.79 Å². The maximum Gasteiger partial charge on any atom is 0.241 e. The average Bonchev–Trinajstić information content (AvgIpc) is 2.73. The molecule has 0 saturated carbocycles. The summed E-state index contributed by atoms with van der Waals surface area (Å²) in [6.45, 7) is 2.29. The fourth-order valence-electron chi connectivity index (χ4n) is 2.94. The molecular formula is C23H24N2O3S. The van der Waals surface area contributed by atoms with Crippen molar-refractivity contribution in [3.05, 3.63) is 102 Å². The number of nitrogens with one attached hydrogen (secondary N) is 2. The minimum Gasteiger partial charge on any atom is -0.352 e. The summed E-state index contributed by atoms with van der Waals surface area (Å²) >= 11 is 0. The third kappa shape index (κ3) is 6.01. The molecule has 150 valence electrons. The molecule has 0 spiro atoms. The van der Waals surface area contributed by atoms with Crippen LogP contribution in [0.25, 0.3) is 0 Å². The number of benzene rings is 3. The topological polar surface area (TPSA) is 75.3 Å². The van der Waals surface area contributed by atoms with Crippen LogP contribution < -0.4 is 10.0 Å². The van der Waals surface area contributed by atoms with Crippen LogP contribution in [0, 0.1) is 6.92 Å². The summed E-state index contributed by atoms with van der Waals surface area (Å²) in [7, 11) is -3.77. The lowest BCUT2D eigenvalue weighted by atomic mass is 10.0. The van der Waals surface area contributed by atoms with E-state index in [1.54, 1.807) is 24.3 Å². The molecule has 0 radical (unpaired) electrons. The van der Waals surface area contributed by atoms with Crippen molar-refractivity contribution in [1.82, 2.24) is 10.0 Å². The van der Waals surface area contributed by atoms with E-state index < -0.39 is 16.1 Å². The summed E-state index contributed by atoms with van der Waals surface area (Å²) in [4.78, 5) is 12.7. The van der Waals surface area contributed by atoms with Gasteiger partial charge in [-0.05, 0) is 30.2 Å². The summed E-state index contributed by atoms with van der Waals surface area (Å²) in [5.41, 5.74) is 2.69. The van der Waals surface area contributed by atoms with Crippen molar-refractivity contribution in [3.63, 3.8) is 0 Å². The number of carbonyl (C=O) groups is 1. The van der Waals surface area contributed by atoms with E-state index in [0.717, 1.165) is 16.7 Å². The number of hydrogen-bond acceptors (Lipinski definition) is 3. The van der Waals surface area contributed by atoms with E-state index in [2.05, 4.69) is 10.0 Å². The van der Waals surface area contributed by atoms with Gasteiger partial charge in [-0.1, -0.05) is 78.4 Å². The lowest BCUT2D eigenvalue weighted by Gasteiger charge is -2.19. The van der Waals surface area contributed by atoms with E-state index >= 15 is 0 Å². The van der Waals surface area contributed by atoms with Gasteiger partial charge >= 0.3 is 0 Å². The molecule has 0 bridgehead atoms. The molecule has 3 aromatic rings. The van der Waals surface area contributed by atoms with Gasteiger partial charge < -0.3 is 5.32 Å². The summed E-state index contributed by atoms with van der Waals surface area (Å²) in [5, 5.41) is 2.86. The number of aryl methyl sites for hydroxylation is 1. The monoisotopic (exact) mass is 408 g/mol. The normalized spacial score (nSPS) is 12.3. The third-order valence-electron chi connectivity index (χ3n) is 4.55. The van der Waals surface area contributed by atoms with Gasteiger partial charge in [0.25, 0.3) is 0 Å². The maximum atomic E-state index is 12.8. The minimum atomic E-state index is -3.77. The molecule has 3 rings (SSSR count). The highest BCUT2D eigenvalue weighted by atomic mass is 32.2. The molecule has 6 heteroatoms. The molecular weight excluding hydrogens is 384 g/mol. The summed E-state index contributed by atoms with van der Waals surface area (Å²) in [6.07, 6.45) is 0.00192. The standard InChI is InChI=1S/C23H24N2O3S/c1-18-12-14-21(15-13-18)29(27,28)25-22(20-10-6-3-7-11-20)16-23(26)24-17-19-8-4-2-5-9-19/h2-15,22,25H,16-17H2,1H3,(H,24,26)/t22-/m1/s1. The smallest absolute Gasteiger partial charge is 0.241 e. The van der Waals surface area contributed by atoms with Crippen LogP contribution in [-0.2, 0) is 21.4 Å². The second-order valence-electron chi connectivity index (χ2n) is 6.86. The maximum absolute atomic E-state index is 12.8. The number of amides is 1. The predicted octanol–water partition coefficient (Wildman–Crippen LogP) is 3.72. The Hall–Kier alpha value is -2.96. The van der Waals surface area contributed by atoms with E-state index in [1.165, 1.54) is 0 Å². The molecule has 2 N–H and O–H groups in total. The third-order valence-corrected chi connectivity index (χ3v) is 6.04. The molecule has 1 atom stereocenters. The number of rotatable bonds is 8. The van der Waals surface area contributed by atoms with E-state index in [-0.39, 0.29) is 17.2 Å². The Balaban J connectivity index is 1.74. The van der Waals surface area contributed by atoms with E-state index in [9.17, 15) is 13.2 Å². The Kier molecular flexibility index (Phi) is 6.80. The zero-order chi connectivity index (χ0) is 20.7. The molecule has 0 heterocycles. The van der Waals surface area contributed by atoms with Crippen LogP contribution in [0.1, 0.15) is 29.2 Å². The highest BCUT2D eigenvalue weighted by Crippen LogP contribution is 2.21. The Morgan fingerprint density at radius 3 is 2.07 bits per heavy atom. The van der Waals surface area contributed by atoms with Crippen molar-refractivity contribution < 1.29 is 13.2 Å². The molecule has 5 nitrogen and oxygen atoms in total. The first-order chi connectivity index (χ1) is 13.9. The molecule has 0 aliphatic rings. The first-order valence-corrected chi connectivity index (χ1v) is 10.9. The minimum absolute atomic E-state index is 0.00192. The first kappa shape index (κ1) is 20.8. The van der Waals surface area contributed by atoms with Crippen molar-refractivity contribution in [2.45, 2.75) is 30.8 Å². The van der Waals surface area contributed by atoms with Crippen LogP contribution in [-0.4, -0.2) is 14.3 Å². The Labute approximate surface area is 171 Å². The number of carbonyl (C=O) groups excluding carboxylic acids is 1. The van der Waals surface area contributed by atoms with Crippen molar-refractivity contribution >= 4 is 15.9 Å². The van der Waals surface area contributed by atoms with Crippen molar-refractivity contribution in [2.75, 3.05) is 0 Å². The van der Waals surface area contributed by atoms with Crippen LogP contribution >= 0.6 is 0 Å². The van der Waals surface area contributed by atoms with Gasteiger partial charge in [-0.15, -0.1) is 0 Å². The van der Waals surface area contributed by atoms with Crippen LogP contribution in [0.15, 0.2) is 89.8 Å².